The number of aromatic nitrogens is 4. The van der Waals surface area contributed by atoms with Crippen LogP contribution in [-0.4, -0.2) is 37.1 Å². The van der Waals surface area contributed by atoms with Crippen molar-refractivity contribution in [1.82, 2.24) is 19.9 Å². The van der Waals surface area contributed by atoms with Crippen molar-refractivity contribution < 1.29 is 9.90 Å². The summed E-state index contributed by atoms with van der Waals surface area (Å²) in [5.74, 6) is 0.250. The highest BCUT2D eigenvalue weighted by Gasteiger charge is 2.20. The number of aliphatic carboxylic acids is 1. The molecule has 0 spiro atoms. The normalized spacial score (nSPS) is 12.1. The first-order valence-electron chi connectivity index (χ1n) is 6.39. The van der Waals surface area contributed by atoms with Crippen molar-refractivity contribution in [3.63, 3.8) is 0 Å². The van der Waals surface area contributed by atoms with E-state index in [0.717, 1.165) is 17.7 Å². The second kappa shape index (κ2) is 6.14. The minimum absolute atomic E-state index is 0.307. The molecule has 0 aliphatic heterocycles. The molecule has 0 saturated heterocycles. The average molecular weight is 275 g/mol. The Hall–Kier alpha value is -2.44. The van der Waals surface area contributed by atoms with E-state index in [1.165, 1.54) is 6.33 Å². The maximum Gasteiger partial charge on any atom is 0.326 e. The number of carboxylic acid groups (broad SMARTS) is 1. The molecular weight excluding hydrogens is 258 g/mol. The summed E-state index contributed by atoms with van der Waals surface area (Å²) in [5, 5.41) is 12.3. The van der Waals surface area contributed by atoms with E-state index in [0.29, 0.717) is 18.1 Å². The van der Waals surface area contributed by atoms with Gasteiger partial charge < -0.3 is 15.4 Å². The molecule has 0 aliphatic carbocycles. The van der Waals surface area contributed by atoms with E-state index in [1.54, 1.807) is 19.3 Å². The second-order valence-corrected chi connectivity index (χ2v) is 4.46. The summed E-state index contributed by atoms with van der Waals surface area (Å²) in [6.45, 7) is 3.75. The van der Waals surface area contributed by atoms with Gasteiger partial charge in [-0.2, -0.15) is 0 Å². The van der Waals surface area contributed by atoms with E-state index in [9.17, 15) is 9.90 Å². The molecular formula is C13H17N5O2. The van der Waals surface area contributed by atoms with Gasteiger partial charge in [0.25, 0.3) is 0 Å². The zero-order valence-electron chi connectivity index (χ0n) is 11.4. The monoisotopic (exact) mass is 275 g/mol. The third kappa shape index (κ3) is 3.31. The van der Waals surface area contributed by atoms with Crippen LogP contribution in [0.5, 0.6) is 0 Å². The summed E-state index contributed by atoms with van der Waals surface area (Å²) in [7, 11) is 0. The molecule has 1 atom stereocenters. The van der Waals surface area contributed by atoms with Crippen molar-refractivity contribution in [2.45, 2.75) is 32.7 Å². The molecule has 2 rings (SSSR count). The maximum atomic E-state index is 11.4. The number of hydrogen-bond donors (Lipinski definition) is 3. The van der Waals surface area contributed by atoms with Gasteiger partial charge in [0.15, 0.2) is 0 Å². The fraction of sp³-hybridized carbons (Fsp3) is 0.385. The quantitative estimate of drug-likeness (QED) is 0.731. The molecule has 0 amide bonds. The van der Waals surface area contributed by atoms with Crippen molar-refractivity contribution in [2.24, 2.45) is 0 Å². The summed E-state index contributed by atoms with van der Waals surface area (Å²) in [6, 6.07) is -0.768. The lowest BCUT2D eigenvalue weighted by molar-refractivity contribution is -0.137. The molecule has 106 valence electrons. The smallest absolute Gasteiger partial charge is 0.326 e. The third-order valence-electron chi connectivity index (χ3n) is 2.95. The Morgan fingerprint density at radius 3 is 2.90 bits per heavy atom. The van der Waals surface area contributed by atoms with Crippen molar-refractivity contribution in [3.8, 4) is 0 Å². The molecule has 2 aromatic heterocycles. The maximum absolute atomic E-state index is 11.4. The second-order valence-electron chi connectivity index (χ2n) is 4.46. The van der Waals surface area contributed by atoms with Gasteiger partial charge in [0, 0.05) is 30.1 Å². The van der Waals surface area contributed by atoms with Gasteiger partial charge in [-0.1, -0.05) is 6.92 Å². The number of rotatable bonds is 6. The minimum atomic E-state index is -0.932. The van der Waals surface area contributed by atoms with E-state index in [-0.39, 0.29) is 0 Å². The van der Waals surface area contributed by atoms with E-state index in [1.807, 2.05) is 6.92 Å². The highest BCUT2D eigenvalue weighted by molar-refractivity contribution is 5.77. The van der Waals surface area contributed by atoms with Crippen LogP contribution in [-0.2, 0) is 17.6 Å². The SMILES string of the molecule is CCc1cnc(C)nc1N[C@@H](Cc1cnc[nH]1)C(=O)O. The Labute approximate surface area is 116 Å². The van der Waals surface area contributed by atoms with Crippen LogP contribution < -0.4 is 5.32 Å². The zero-order valence-corrected chi connectivity index (χ0v) is 11.4. The fourth-order valence-corrected chi connectivity index (χ4v) is 1.86. The zero-order chi connectivity index (χ0) is 14.5. The van der Waals surface area contributed by atoms with E-state index in [2.05, 4.69) is 25.3 Å². The van der Waals surface area contributed by atoms with E-state index >= 15 is 0 Å². The summed E-state index contributed by atoms with van der Waals surface area (Å²) in [4.78, 5) is 26.6. The lowest BCUT2D eigenvalue weighted by atomic mass is 10.1. The van der Waals surface area contributed by atoms with Crippen LogP contribution in [0.1, 0.15) is 24.0 Å². The lowest BCUT2D eigenvalue weighted by Gasteiger charge is -2.16. The number of aromatic amines is 1. The molecule has 7 heteroatoms. The van der Waals surface area contributed by atoms with Crippen LogP contribution in [0.3, 0.4) is 0 Å². The molecule has 2 heterocycles. The molecule has 0 unspecified atom stereocenters. The van der Waals surface area contributed by atoms with Crippen LogP contribution in [0.25, 0.3) is 0 Å². The first-order chi connectivity index (χ1) is 9.60. The van der Waals surface area contributed by atoms with Gasteiger partial charge in [-0.05, 0) is 13.3 Å². The van der Waals surface area contributed by atoms with Crippen LogP contribution in [0.15, 0.2) is 18.7 Å². The van der Waals surface area contributed by atoms with Gasteiger partial charge in [0.2, 0.25) is 0 Å². The number of anilines is 1. The molecule has 0 fully saturated rings. The van der Waals surface area contributed by atoms with Gasteiger partial charge in [-0.3, -0.25) is 0 Å². The van der Waals surface area contributed by atoms with Gasteiger partial charge in [-0.15, -0.1) is 0 Å². The van der Waals surface area contributed by atoms with Crippen LogP contribution in [0.4, 0.5) is 5.82 Å². The molecule has 7 nitrogen and oxygen atoms in total. The number of nitrogens with zero attached hydrogens (tertiary/aromatic N) is 3. The van der Waals surface area contributed by atoms with Crippen molar-refractivity contribution >= 4 is 11.8 Å². The molecule has 0 aromatic carbocycles. The van der Waals surface area contributed by atoms with Gasteiger partial charge >= 0.3 is 5.97 Å². The van der Waals surface area contributed by atoms with Crippen LogP contribution >= 0.6 is 0 Å². The fourth-order valence-electron chi connectivity index (χ4n) is 1.86. The largest absolute Gasteiger partial charge is 0.480 e. The minimum Gasteiger partial charge on any atom is -0.480 e. The van der Waals surface area contributed by atoms with Crippen LogP contribution in [0, 0.1) is 6.92 Å². The predicted molar refractivity (Wildman–Crippen MR) is 73.5 cm³/mol. The number of H-pyrrole nitrogens is 1. The number of nitrogens with one attached hydrogen (secondary N) is 2. The summed E-state index contributed by atoms with van der Waals surface area (Å²) < 4.78 is 0. The third-order valence-corrected chi connectivity index (χ3v) is 2.95. The molecule has 0 saturated carbocycles. The van der Waals surface area contributed by atoms with Gasteiger partial charge in [0.1, 0.15) is 17.7 Å². The lowest BCUT2D eigenvalue weighted by Crippen LogP contribution is -2.32. The van der Waals surface area contributed by atoms with Gasteiger partial charge in [-0.25, -0.2) is 19.7 Å². The highest BCUT2D eigenvalue weighted by atomic mass is 16.4. The topological polar surface area (TPSA) is 104 Å². The van der Waals surface area contributed by atoms with Crippen molar-refractivity contribution in [2.75, 3.05) is 5.32 Å². The van der Waals surface area contributed by atoms with Crippen molar-refractivity contribution in [3.05, 3.63) is 35.8 Å². The highest BCUT2D eigenvalue weighted by Crippen LogP contribution is 2.15. The van der Waals surface area contributed by atoms with E-state index < -0.39 is 12.0 Å². The summed E-state index contributed by atoms with van der Waals surface area (Å²) >= 11 is 0. The first-order valence-corrected chi connectivity index (χ1v) is 6.39. The molecule has 3 N–H and O–H groups in total. The summed E-state index contributed by atoms with van der Waals surface area (Å²) in [5.41, 5.74) is 1.65. The predicted octanol–water partition coefficient (Wildman–Crippen LogP) is 1.18. The van der Waals surface area contributed by atoms with E-state index in [4.69, 9.17) is 0 Å². The molecule has 0 aliphatic rings. The Morgan fingerprint density at radius 2 is 2.30 bits per heavy atom. The Bertz CT molecular complexity index is 582. The number of carboxylic acids is 1. The van der Waals surface area contributed by atoms with Crippen molar-refractivity contribution in [1.29, 1.82) is 0 Å². The number of aryl methyl sites for hydroxylation is 2. The average Bonchev–Trinajstić information content (AvgIpc) is 2.91. The number of carbonyl (C=O) groups is 1. The number of hydrogen-bond acceptors (Lipinski definition) is 5. The number of imidazole rings is 1. The molecule has 2 aromatic rings. The Morgan fingerprint density at radius 1 is 1.50 bits per heavy atom. The molecule has 0 radical (unpaired) electrons. The molecule has 20 heavy (non-hydrogen) atoms. The molecule has 0 bridgehead atoms. The van der Waals surface area contributed by atoms with Gasteiger partial charge in [0.05, 0.1) is 6.33 Å². The summed E-state index contributed by atoms with van der Waals surface area (Å²) in [6.07, 6.45) is 5.91. The van der Waals surface area contributed by atoms with Crippen LogP contribution in [0.2, 0.25) is 0 Å². The first kappa shape index (κ1) is 14.0. The standard InChI is InChI=1S/C13H17N5O2/c1-3-9-5-15-8(2)17-12(9)18-11(13(19)20)4-10-6-14-7-16-10/h5-7,11H,3-4H2,1-2H3,(H,14,16)(H,19,20)(H,15,17,18)/t11-/m0/s1. The Balaban J connectivity index is 2.19. The Kier molecular flexibility index (Phi) is 4.29.